The Morgan fingerprint density at radius 3 is 2.24 bits per heavy atom. The molecule has 1 aromatic heterocycles. The molecule has 2 N–H and O–H groups in total. The van der Waals surface area contributed by atoms with Gasteiger partial charge in [0.2, 0.25) is 10.0 Å². The maximum Gasteiger partial charge on any atom is 0.261 e. The second-order valence-corrected chi connectivity index (χ2v) is 11.5. The maximum atomic E-state index is 13.0. The van der Waals surface area contributed by atoms with E-state index in [1.165, 1.54) is 28.6 Å². The molecule has 1 aliphatic heterocycles. The first-order valence-corrected chi connectivity index (χ1v) is 13.3. The predicted molar refractivity (Wildman–Crippen MR) is 123 cm³/mol. The van der Waals surface area contributed by atoms with Crippen molar-refractivity contribution in [1.82, 2.24) is 19.5 Å². The monoisotopic (exact) mass is 491 g/mol. The Balaban J connectivity index is 1.59. The Morgan fingerprint density at radius 2 is 1.61 bits per heavy atom. The molecule has 0 saturated carbocycles. The highest BCUT2D eigenvalue weighted by Gasteiger charge is 2.27. The molecule has 0 bridgehead atoms. The first kappa shape index (κ1) is 23.4. The lowest BCUT2D eigenvalue weighted by Gasteiger charge is -2.26. The number of nitrogens with one attached hydrogen (secondary N) is 2. The van der Waals surface area contributed by atoms with Gasteiger partial charge in [0.25, 0.3) is 10.0 Å². The first-order valence-electron chi connectivity index (χ1n) is 10.4. The lowest BCUT2D eigenvalue weighted by atomic mass is 10.1. The van der Waals surface area contributed by atoms with Gasteiger partial charge >= 0.3 is 0 Å². The quantitative estimate of drug-likeness (QED) is 0.518. The number of rotatable bonds is 7. The highest BCUT2D eigenvalue weighted by atomic mass is 32.2. The van der Waals surface area contributed by atoms with E-state index >= 15 is 0 Å². The van der Waals surface area contributed by atoms with Crippen LogP contribution < -0.4 is 4.72 Å². The number of para-hydroxylation sites is 1. The Labute approximate surface area is 193 Å². The van der Waals surface area contributed by atoms with Crippen molar-refractivity contribution in [3.8, 4) is 11.4 Å². The van der Waals surface area contributed by atoms with E-state index in [2.05, 4.69) is 19.9 Å². The van der Waals surface area contributed by atoms with Crippen molar-refractivity contribution in [1.29, 1.82) is 0 Å². The van der Waals surface area contributed by atoms with Crippen LogP contribution in [0.15, 0.2) is 58.3 Å². The lowest BCUT2D eigenvalue weighted by molar-refractivity contribution is 0.0730. The summed E-state index contributed by atoms with van der Waals surface area (Å²) in [4.78, 5) is 4.42. The number of benzene rings is 2. The summed E-state index contributed by atoms with van der Waals surface area (Å²) in [5.74, 6) is 1.21. The van der Waals surface area contributed by atoms with Crippen molar-refractivity contribution in [2.24, 2.45) is 0 Å². The number of H-pyrrole nitrogens is 1. The number of hydrogen-bond donors (Lipinski definition) is 2. The molecule has 0 amide bonds. The van der Waals surface area contributed by atoms with Crippen LogP contribution in [-0.4, -0.2) is 62.6 Å². The van der Waals surface area contributed by atoms with Gasteiger partial charge < -0.3 is 4.74 Å². The van der Waals surface area contributed by atoms with Crippen LogP contribution in [0, 0.1) is 0 Å². The van der Waals surface area contributed by atoms with E-state index in [0.29, 0.717) is 36.1 Å². The van der Waals surface area contributed by atoms with Crippen molar-refractivity contribution in [3.05, 3.63) is 54.4 Å². The van der Waals surface area contributed by atoms with Gasteiger partial charge in [-0.3, -0.25) is 9.82 Å². The van der Waals surface area contributed by atoms with E-state index < -0.39 is 20.0 Å². The summed E-state index contributed by atoms with van der Waals surface area (Å²) in [5, 5.41) is 7.07. The molecular formula is C21H25N5O5S2. The Bertz CT molecular complexity index is 1330. The first-order chi connectivity index (χ1) is 15.7. The summed E-state index contributed by atoms with van der Waals surface area (Å²) < 4.78 is 60.7. The molecule has 33 heavy (non-hydrogen) atoms. The van der Waals surface area contributed by atoms with Crippen molar-refractivity contribution >= 4 is 25.7 Å². The Hall–Kier alpha value is -2.80. The standard InChI is InChI=1S/C21H25N5O5S2/c1-15(2)20-22-21(24-23-20)18-5-3-4-6-19(18)25-32(27,28)16-7-9-17(10-8-16)33(29,30)26-11-13-31-14-12-26/h3-10,15,25H,11-14H2,1-2H3,(H,22,23,24). The molecule has 1 fully saturated rings. The second-order valence-electron chi connectivity index (χ2n) is 7.84. The van der Waals surface area contributed by atoms with Crippen LogP contribution in [0.1, 0.15) is 25.6 Å². The van der Waals surface area contributed by atoms with Crippen molar-refractivity contribution in [2.45, 2.75) is 29.6 Å². The second kappa shape index (κ2) is 9.21. The number of nitrogens with zero attached hydrogens (tertiary/aromatic N) is 3. The Morgan fingerprint density at radius 1 is 0.970 bits per heavy atom. The van der Waals surface area contributed by atoms with Crippen LogP contribution >= 0.6 is 0 Å². The SMILES string of the molecule is CC(C)c1nc(-c2ccccc2NS(=O)(=O)c2ccc(S(=O)(=O)N3CCOCC3)cc2)n[nH]1. The van der Waals surface area contributed by atoms with Gasteiger partial charge in [0.15, 0.2) is 5.82 Å². The summed E-state index contributed by atoms with van der Waals surface area (Å²) >= 11 is 0. The molecule has 0 unspecified atom stereocenters. The fraction of sp³-hybridized carbons (Fsp3) is 0.333. The number of ether oxygens (including phenoxy) is 1. The predicted octanol–water partition coefficient (Wildman–Crippen LogP) is 2.42. The average molecular weight is 492 g/mol. The molecule has 10 nitrogen and oxygen atoms in total. The smallest absolute Gasteiger partial charge is 0.261 e. The summed E-state index contributed by atoms with van der Waals surface area (Å²) in [6, 6.07) is 12.0. The molecule has 1 aliphatic rings. The molecular weight excluding hydrogens is 466 g/mol. The largest absolute Gasteiger partial charge is 0.379 e. The normalized spacial score (nSPS) is 15.6. The van der Waals surface area contributed by atoms with Crippen LogP contribution in [0.4, 0.5) is 5.69 Å². The third-order valence-corrected chi connectivity index (χ3v) is 8.50. The van der Waals surface area contributed by atoms with E-state index in [-0.39, 0.29) is 28.8 Å². The molecule has 0 radical (unpaired) electrons. The molecule has 4 rings (SSSR count). The van der Waals surface area contributed by atoms with Crippen LogP contribution in [-0.2, 0) is 24.8 Å². The minimum absolute atomic E-state index is 0.0330. The number of hydrogen-bond acceptors (Lipinski definition) is 7. The molecule has 3 aromatic rings. The fourth-order valence-electron chi connectivity index (χ4n) is 3.35. The van der Waals surface area contributed by atoms with Gasteiger partial charge in [-0.1, -0.05) is 26.0 Å². The van der Waals surface area contributed by atoms with Gasteiger partial charge in [0.05, 0.1) is 28.7 Å². The van der Waals surface area contributed by atoms with E-state index in [9.17, 15) is 16.8 Å². The molecule has 0 atom stereocenters. The van der Waals surface area contributed by atoms with E-state index in [0.717, 1.165) is 0 Å². The highest BCUT2D eigenvalue weighted by molar-refractivity contribution is 7.92. The minimum Gasteiger partial charge on any atom is -0.379 e. The van der Waals surface area contributed by atoms with Gasteiger partial charge in [-0.15, -0.1) is 0 Å². The third kappa shape index (κ3) is 4.93. The number of anilines is 1. The fourth-order valence-corrected chi connectivity index (χ4v) is 5.84. The van der Waals surface area contributed by atoms with Crippen LogP contribution in [0.2, 0.25) is 0 Å². The lowest BCUT2D eigenvalue weighted by Crippen LogP contribution is -2.40. The van der Waals surface area contributed by atoms with Crippen molar-refractivity contribution in [3.63, 3.8) is 0 Å². The zero-order chi connectivity index (χ0) is 23.6. The van der Waals surface area contributed by atoms with Gasteiger partial charge in [-0.25, -0.2) is 21.8 Å². The van der Waals surface area contributed by atoms with Gasteiger partial charge in [-0.2, -0.15) is 9.40 Å². The van der Waals surface area contributed by atoms with E-state index in [4.69, 9.17) is 4.74 Å². The van der Waals surface area contributed by atoms with Crippen molar-refractivity contribution < 1.29 is 21.6 Å². The zero-order valence-electron chi connectivity index (χ0n) is 18.2. The number of aromatic amines is 1. The molecule has 2 aromatic carbocycles. The van der Waals surface area contributed by atoms with Gasteiger partial charge in [0, 0.05) is 24.6 Å². The van der Waals surface area contributed by atoms with Gasteiger partial charge in [0.1, 0.15) is 5.82 Å². The zero-order valence-corrected chi connectivity index (χ0v) is 19.9. The number of aromatic nitrogens is 3. The number of sulfonamides is 2. The summed E-state index contributed by atoms with van der Waals surface area (Å²) in [5.41, 5.74) is 0.840. The van der Waals surface area contributed by atoms with Gasteiger partial charge in [-0.05, 0) is 36.4 Å². The topological polar surface area (TPSA) is 134 Å². The van der Waals surface area contributed by atoms with Crippen molar-refractivity contribution in [2.75, 3.05) is 31.0 Å². The molecule has 0 spiro atoms. The molecule has 1 saturated heterocycles. The van der Waals surface area contributed by atoms with E-state index in [1.807, 2.05) is 13.8 Å². The van der Waals surface area contributed by atoms with Crippen LogP contribution in [0.3, 0.4) is 0 Å². The third-order valence-electron chi connectivity index (χ3n) is 5.20. The summed E-state index contributed by atoms with van der Waals surface area (Å²) in [6.45, 7) is 5.14. The minimum atomic E-state index is -3.98. The molecule has 176 valence electrons. The van der Waals surface area contributed by atoms with E-state index in [1.54, 1.807) is 24.3 Å². The Kier molecular flexibility index (Phi) is 6.52. The summed E-state index contributed by atoms with van der Waals surface area (Å²) in [7, 11) is -7.70. The molecule has 12 heteroatoms. The molecule has 0 aliphatic carbocycles. The van der Waals surface area contributed by atoms with Crippen LogP contribution in [0.5, 0.6) is 0 Å². The maximum absolute atomic E-state index is 13.0. The highest BCUT2D eigenvalue weighted by Crippen LogP contribution is 2.28. The summed E-state index contributed by atoms with van der Waals surface area (Å²) in [6.07, 6.45) is 0. The average Bonchev–Trinajstić information content (AvgIpc) is 3.30. The molecule has 2 heterocycles. The van der Waals surface area contributed by atoms with Crippen LogP contribution in [0.25, 0.3) is 11.4 Å². The number of morpholine rings is 1.